The number of carbonyl (C=O) groups excluding carboxylic acids is 2. The number of thioether (sulfide) groups is 1. The van der Waals surface area contributed by atoms with Crippen molar-refractivity contribution in [3.8, 4) is 0 Å². The standard InChI is InChI=1S/C25H24ClN3O3S2/c1-15-22(34-14-27-15)10-11-33-25(32)21(29-24(31)16-6-8-18(26)9-7-16)12-17-13-23(30)28-20-5-3-2-4-19(17)20/h2-9,13-14,21,23,28,30H,10-12H2,1H3,(H,29,31). The fourth-order valence-electron chi connectivity index (χ4n) is 3.72. The monoisotopic (exact) mass is 513 g/mol. The maximum absolute atomic E-state index is 13.3. The molecule has 1 aromatic heterocycles. The van der Waals surface area contributed by atoms with E-state index in [9.17, 15) is 14.7 Å². The van der Waals surface area contributed by atoms with Gasteiger partial charge in [0, 0.05) is 38.9 Å². The van der Waals surface area contributed by atoms with Crippen molar-refractivity contribution in [1.82, 2.24) is 10.3 Å². The maximum atomic E-state index is 13.3. The second-order valence-corrected chi connectivity index (χ2v) is 10.3. The number of aliphatic hydroxyl groups is 1. The highest BCUT2D eigenvalue weighted by atomic mass is 35.5. The van der Waals surface area contributed by atoms with Crippen molar-refractivity contribution < 1.29 is 14.7 Å². The summed E-state index contributed by atoms with van der Waals surface area (Å²) in [6, 6.07) is 13.4. The van der Waals surface area contributed by atoms with Crippen molar-refractivity contribution >= 4 is 57.0 Å². The Hall–Kier alpha value is -2.65. The molecule has 2 atom stereocenters. The number of para-hydroxylation sites is 1. The molecule has 2 unspecified atom stereocenters. The first-order valence-corrected chi connectivity index (χ1v) is 13.0. The van der Waals surface area contributed by atoms with Crippen LogP contribution in [0.3, 0.4) is 0 Å². The average molecular weight is 514 g/mol. The highest BCUT2D eigenvalue weighted by Gasteiger charge is 2.26. The molecule has 9 heteroatoms. The molecule has 0 bridgehead atoms. The lowest BCUT2D eigenvalue weighted by molar-refractivity contribution is -0.112. The Bertz CT molecular complexity index is 1210. The highest BCUT2D eigenvalue weighted by Crippen LogP contribution is 2.32. The Kier molecular flexibility index (Phi) is 8.05. The van der Waals surface area contributed by atoms with Crippen molar-refractivity contribution in [2.75, 3.05) is 11.1 Å². The Morgan fingerprint density at radius 3 is 2.74 bits per heavy atom. The van der Waals surface area contributed by atoms with Gasteiger partial charge in [-0.2, -0.15) is 0 Å². The van der Waals surface area contributed by atoms with Gasteiger partial charge in [-0.25, -0.2) is 4.98 Å². The van der Waals surface area contributed by atoms with Crippen LogP contribution in [0.25, 0.3) is 5.57 Å². The number of benzene rings is 2. The van der Waals surface area contributed by atoms with E-state index < -0.39 is 12.3 Å². The first-order valence-electron chi connectivity index (χ1n) is 10.8. The van der Waals surface area contributed by atoms with Gasteiger partial charge in [0.2, 0.25) is 5.12 Å². The molecule has 2 heterocycles. The summed E-state index contributed by atoms with van der Waals surface area (Å²) >= 11 is 8.72. The van der Waals surface area contributed by atoms with Gasteiger partial charge in [-0.15, -0.1) is 11.3 Å². The number of anilines is 1. The van der Waals surface area contributed by atoms with Crippen molar-refractivity contribution in [3.63, 3.8) is 0 Å². The summed E-state index contributed by atoms with van der Waals surface area (Å²) in [6.07, 6.45) is 1.82. The van der Waals surface area contributed by atoms with Crippen LogP contribution < -0.4 is 10.6 Å². The number of nitrogens with one attached hydrogen (secondary N) is 2. The third-order valence-corrected chi connectivity index (χ3v) is 7.70. The number of aromatic nitrogens is 1. The van der Waals surface area contributed by atoms with Gasteiger partial charge in [0.1, 0.15) is 12.3 Å². The number of hydrogen-bond acceptors (Lipinski definition) is 7. The Labute approximate surface area is 211 Å². The number of amides is 1. The van der Waals surface area contributed by atoms with Crippen LogP contribution in [0.4, 0.5) is 5.69 Å². The van der Waals surface area contributed by atoms with Gasteiger partial charge in [0.15, 0.2) is 0 Å². The minimum Gasteiger partial charge on any atom is -0.370 e. The van der Waals surface area contributed by atoms with Crippen LogP contribution in [0.2, 0.25) is 5.02 Å². The molecule has 34 heavy (non-hydrogen) atoms. The Morgan fingerprint density at radius 1 is 1.24 bits per heavy atom. The lowest BCUT2D eigenvalue weighted by Crippen LogP contribution is -2.40. The number of aliphatic hydroxyl groups excluding tert-OH is 1. The van der Waals surface area contributed by atoms with Gasteiger partial charge in [-0.3, -0.25) is 9.59 Å². The third-order valence-electron chi connectivity index (χ3n) is 5.47. The van der Waals surface area contributed by atoms with E-state index >= 15 is 0 Å². The van der Waals surface area contributed by atoms with E-state index in [0.29, 0.717) is 16.3 Å². The first kappa shape index (κ1) is 24.5. The van der Waals surface area contributed by atoms with Crippen molar-refractivity contribution in [3.05, 3.63) is 86.8 Å². The predicted octanol–water partition coefficient (Wildman–Crippen LogP) is 4.92. The van der Waals surface area contributed by atoms with Crippen molar-refractivity contribution in [2.45, 2.75) is 32.0 Å². The molecule has 0 radical (unpaired) electrons. The molecule has 0 fully saturated rings. The molecule has 0 aliphatic carbocycles. The van der Waals surface area contributed by atoms with E-state index in [4.69, 9.17) is 11.6 Å². The topological polar surface area (TPSA) is 91.3 Å². The van der Waals surface area contributed by atoms with Crippen LogP contribution in [0.15, 0.2) is 60.1 Å². The van der Waals surface area contributed by atoms with Crippen LogP contribution in [0.1, 0.15) is 32.9 Å². The second-order valence-electron chi connectivity index (χ2n) is 7.84. The van der Waals surface area contributed by atoms with Crippen molar-refractivity contribution in [2.24, 2.45) is 0 Å². The predicted molar refractivity (Wildman–Crippen MR) is 139 cm³/mol. The zero-order valence-electron chi connectivity index (χ0n) is 18.5. The molecule has 3 aromatic rings. The van der Waals surface area contributed by atoms with Gasteiger partial charge < -0.3 is 15.7 Å². The molecule has 2 aromatic carbocycles. The smallest absolute Gasteiger partial charge is 0.251 e. The summed E-state index contributed by atoms with van der Waals surface area (Å²) in [6.45, 7) is 1.96. The quantitative estimate of drug-likeness (QED) is 0.396. The van der Waals surface area contributed by atoms with Gasteiger partial charge in [0.25, 0.3) is 5.91 Å². The van der Waals surface area contributed by atoms with E-state index in [1.54, 1.807) is 47.2 Å². The number of aryl methyl sites for hydroxylation is 2. The molecular weight excluding hydrogens is 490 g/mol. The number of rotatable bonds is 8. The minimum absolute atomic E-state index is 0.129. The fourth-order valence-corrected chi connectivity index (χ4v) is 5.60. The molecule has 6 nitrogen and oxygen atoms in total. The zero-order valence-corrected chi connectivity index (χ0v) is 20.8. The largest absolute Gasteiger partial charge is 0.370 e. The van der Waals surface area contributed by atoms with E-state index in [0.717, 1.165) is 33.8 Å². The van der Waals surface area contributed by atoms with Gasteiger partial charge in [-0.1, -0.05) is 41.6 Å². The van der Waals surface area contributed by atoms with Gasteiger partial charge in [0.05, 0.1) is 11.2 Å². The van der Waals surface area contributed by atoms with E-state index in [1.165, 1.54) is 11.8 Å². The average Bonchev–Trinajstić information content (AvgIpc) is 3.23. The number of halogens is 1. The highest BCUT2D eigenvalue weighted by molar-refractivity contribution is 8.13. The van der Waals surface area contributed by atoms with Gasteiger partial charge in [-0.05, 0) is 55.3 Å². The number of nitrogens with zero attached hydrogens (tertiary/aromatic N) is 1. The molecule has 1 aliphatic rings. The van der Waals surface area contributed by atoms with E-state index in [1.807, 2.05) is 31.2 Å². The minimum atomic E-state index is -0.866. The molecule has 0 saturated heterocycles. The maximum Gasteiger partial charge on any atom is 0.251 e. The number of thiazole rings is 1. The normalized spacial score (nSPS) is 15.6. The molecular formula is C25H24ClN3O3S2. The molecule has 0 spiro atoms. The molecule has 0 saturated carbocycles. The summed E-state index contributed by atoms with van der Waals surface area (Å²) in [7, 11) is 0. The molecule has 3 N–H and O–H groups in total. The Balaban J connectivity index is 1.51. The van der Waals surface area contributed by atoms with Crippen LogP contribution in [-0.4, -0.2) is 39.1 Å². The van der Waals surface area contributed by atoms with Crippen molar-refractivity contribution in [1.29, 1.82) is 0 Å². The van der Waals surface area contributed by atoms with Crippen LogP contribution in [0, 0.1) is 6.92 Å². The summed E-state index contributed by atoms with van der Waals surface area (Å²) in [5, 5.41) is 16.6. The molecule has 4 rings (SSSR count). The summed E-state index contributed by atoms with van der Waals surface area (Å²) < 4.78 is 0. The molecule has 1 amide bonds. The van der Waals surface area contributed by atoms with Gasteiger partial charge >= 0.3 is 0 Å². The lowest BCUT2D eigenvalue weighted by Gasteiger charge is -2.26. The van der Waals surface area contributed by atoms with E-state index in [2.05, 4.69) is 15.6 Å². The number of carbonyl (C=O) groups is 2. The summed E-state index contributed by atoms with van der Waals surface area (Å²) in [5.41, 5.74) is 5.70. The third kappa shape index (κ3) is 6.07. The summed E-state index contributed by atoms with van der Waals surface area (Å²) in [4.78, 5) is 31.6. The Morgan fingerprint density at radius 2 is 2.00 bits per heavy atom. The van der Waals surface area contributed by atoms with E-state index in [-0.39, 0.29) is 17.4 Å². The first-order chi connectivity index (χ1) is 16.4. The van der Waals surface area contributed by atoms with Crippen LogP contribution >= 0.6 is 34.7 Å². The number of fused-ring (bicyclic) bond motifs is 1. The van der Waals surface area contributed by atoms with Crippen LogP contribution in [0.5, 0.6) is 0 Å². The fraction of sp³-hybridized carbons (Fsp3) is 0.240. The second kappa shape index (κ2) is 11.2. The number of hydrogen-bond donors (Lipinski definition) is 3. The zero-order chi connectivity index (χ0) is 24.1. The lowest BCUT2D eigenvalue weighted by atomic mass is 9.94. The molecule has 176 valence electrons. The summed E-state index contributed by atoms with van der Waals surface area (Å²) in [5.74, 6) is 0.243. The molecule has 1 aliphatic heterocycles. The van der Waals surface area contributed by atoms with Crippen LogP contribution in [-0.2, 0) is 11.2 Å². The SMILES string of the molecule is Cc1ncsc1CCSC(=O)C(CC1=CC(O)Nc2ccccc21)NC(=O)c1ccc(Cl)cc1.